The summed E-state index contributed by atoms with van der Waals surface area (Å²) in [4.78, 5) is 20.1. The molecule has 1 fully saturated rings. The van der Waals surface area contributed by atoms with Gasteiger partial charge in [0.1, 0.15) is 18.1 Å². The number of hydrogen-bond acceptors (Lipinski definition) is 5. The molecule has 0 saturated carbocycles. The summed E-state index contributed by atoms with van der Waals surface area (Å²) in [6.45, 7) is 4.48. The molecule has 6 nitrogen and oxygen atoms in total. The van der Waals surface area contributed by atoms with Gasteiger partial charge in [-0.25, -0.2) is 4.68 Å². The first-order chi connectivity index (χ1) is 19.1. The summed E-state index contributed by atoms with van der Waals surface area (Å²) in [7, 11) is 0. The molecule has 1 amide bonds. The molecule has 0 aliphatic carbocycles. The normalized spacial score (nSPS) is 16.5. The maximum atomic E-state index is 12.9. The molecule has 2 aliphatic heterocycles. The van der Waals surface area contributed by atoms with Gasteiger partial charge in [-0.3, -0.25) is 4.79 Å². The number of rotatable bonds is 6. The molecule has 0 radical (unpaired) electrons. The van der Waals surface area contributed by atoms with Gasteiger partial charge in [0.2, 0.25) is 0 Å². The van der Waals surface area contributed by atoms with Gasteiger partial charge in [0.15, 0.2) is 5.17 Å². The lowest BCUT2D eigenvalue weighted by atomic mass is 10.1. The summed E-state index contributed by atoms with van der Waals surface area (Å²) in [5, 5.41) is 5.76. The van der Waals surface area contributed by atoms with E-state index in [2.05, 4.69) is 41.1 Å². The number of likely N-dealkylation sites (tertiary alicyclic amines) is 1. The van der Waals surface area contributed by atoms with Crippen molar-refractivity contribution in [2.45, 2.75) is 32.8 Å². The minimum absolute atomic E-state index is 0.186. The third-order valence-electron chi connectivity index (χ3n) is 6.92. The van der Waals surface area contributed by atoms with Crippen molar-refractivity contribution in [3.8, 4) is 22.7 Å². The number of aryl methyl sites for hydroxylation is 1. The smallest absolute Gasteiger partial charge is 0.286 e. The number of piperidine rings is 1. The lowest BCUT2D eigenvalue weighted by molar-refractivity contribution is -0.113. The molecule has 0 bridgehead atoms. The summed E-state index contributed by atoms with van der Waals surface area (Å²) < 4.78 is 7.98. The van der Waals surface area contributed by atoms with Crippen molar-refractivity contribution in [2.24, 2.45) is 4.99 Å². The molecule has 196 valence electrons. The van der Waals surface area contributed by atoms with Crippen LogP contribution < -0.4 is 4.74 Å². The van der Waals surface area contributed by atoms with Gasteiger partial charge in [-0.1, -0.05) is 60.2 Å². The Balaban J connectivity index is 1.30. The molecule has 39 heavy (non-hydrogen) atoms. The van der Waals surface area contributed by atoms with E-state index in [0.717, 1.165) is 64.9 Å². The zero-order chi connectivity index (χ0) is 26.6. The Labute approximate surface area is 233 Å². The monoisotopic (exact) mass is 534 g/mol. The van der Waals surface area contributed by atoms with Crippen LogP contribution in [0.15, 0.2) is 95.0 Å². The summed E-state index contributed by atoms with van der Waals surface area (Å²) in [6.07, 6.45) is 7.42. The molecule has 6 rings (SSSR count). The zero-order valence-electron chi connectivity index (χ0n) is 21.9. The summed E-state index contributed by atoms with van der Waals surface area (Å²) in [6, 6.07) is 26.3. The number of para-hydroxylation sites is 1. The minimum Gasteiger partial charge on any atom is -0.489 e. The fourth-order valence-electron chi connectivity index (χ4n) is 4.77. The highest BCUT2D eigenvalue weighted by molar-refractivity contribution is 8.18. The molecular formula is C32H30N4O2S. The largest absolute Gasteiger partial charge is 0.489 e. The SMILES string of the molecule is Cc1ccc(COc2cccc(-c3nn(-c4ccccc4)cc3C=C3SC(N4CCCCC4)=NC3=O)c2)cc1. The topological polar surface area (TPSA) is 59.7 Å². The van der Waals surface area contributed by atoms with E-state index < -0.39 is 0 Å². The average Bonchev–Trinajstić information content (AvgIpc) is 3.57. The van der Waals surface area contributed by atoms with E-state index >= 15 is 0 Å². The van der Waals surface area contributed by atoms with Crippen LogP contribution in [0.5, 0.6) is 5.75 Å². The predicted molar refractivity (Wildman–Crippen MR) is 158 cm³/mol. The van der Waals surface area contributed by atoms with E-state index in [4.69, 9.17) is 9.84 Å². The van der Waals surface area contributed by atoms with Crippen molar-refractivity contribution < 1.29 is 9.53 Å². The van der Waals surface area contributed by atoms with Crippen LogP contribution in [0.1, 0.15) is 36.0 Å². The molecule has 7 heteroatoms. The highest BCUT2D eigenvalue weighted by atomic mass is 32.2. The van der Waals surface area contributed by atoms with Crippen LogP contribution in [-0.4, -0.2) is 38.8 Å². The highest BCUT2D eigenvalue weighted by Crippen LogP contribution is 2.34. The van der Waals surface area contributed by atoms with Crippen LogP contribution in [0.2, 0.25) is 0 Å². The van der Waals surface area contributed by atoms with Crippen molar-refractivity contribution in [1.82, 2.24) is 14.7 Å². The van der Waals surface area contributed by atoms with Crippen molar-refractivity contribution in [3.05, 3.63) is 107 Å². The number of nitrogens with zero attached hydrogens (tertiary/aromatic N) is 4. The standard InChI is InChI=1S/C32H30N4O2S/c1-23-13-15-24(16-14-23)22-38-28-12-8-9-25(19-28)30-26(21-36(34-30)27-10-4-2-5-11-27)20-29-31(37)33-32(39-29)35-17-6-3-7-18-35/h2,4-5,8-16,19-21H,3,6-7,17-18,22H2,1H3. The first-order valence-corrected chi connectivity index (χ1v) is 14.2. The Morgan fingerprint density at radius 2 is 1.74 bits per heavy atom. The number of aliphatic imine (C=N–C) groups is 1. The number of benzene rings is 3. The van der Waals surface area contributed by atoms with Crippen molar-refractivity contribution in [1.29, 1.82) is 0 Å². The molecule has 0 spiro atoms. The molecule has 1 aromatic heterocycles. The number of ether oxygens (including phenoxy) is 1. The van der Waals surface area contributed by atoms with Crippen LogP contribution in [0, 0.1) is 6.92 Å². The second kappa shape index (κ2) is 11.3. The second-order valence-electron chi connectivity index (χ2n) is 9.87. The minimum atomic E-state index is -0.186. The maximum absolute atomic E-state index is 12.9. The number of carbonyl (C=O) groups is 1. The van der Waals surface area contributed by atoms with E-state index in [-0.39, 0.29) is 5.91 Å². The van der Waals surface area contributed by atoms with E-state index in [1.54, 1.807) is 0 Å². The van der Waals surface area contributed by atoms with Crippen molar-refractivity contribution in [2.75, 3.05) is 13.1 Å². The second-order valence-corrected chi connectivity index (χ2v) is 10.9. The van der Waals surface area contributed by atoms with E-state index in [1.165, 1.54) is 23.7 Å². The number of aromatic nitrogens is 2. The zero-order valence-corrected chi connectivity index (χ0v) is 22.7. The lowest BCUT2D eigenvalue weighted by Gasteiger charge is -2.27. The number of amides is 1. The van der Waals surface area contributed by atoms with Gasteiger partial charge in [-0.05, 0) is 73.9 Å². The summed E-state index contributed by atoms with van der Waals surface area (Å²) >= 11 is 1.46. The molecule has 1 saturated heterocycles. The van der Waals surface area contributed by atoms with Crippen LogP contribution in [0.4, 0.5) is 0 Å². The average molecular weight is 535 g/mol. The number of carbonyl (C=O) groups excluding carboxylic acids is 1. The van der Waals surface area contributed by atoms with Gasteiger partial charge in [0.05, 0.1) is 10.6 Å². The first kappa shape index (κ1) is 25.2. The third-order valence-corrected chi connectivity index (χ3v) is 7.96. The number of amidine groups is 1. The summed E-state index contributed by atoms with van der Waals surface area (Å²) in [5.41, 5.74) is 5.86. The predicted octanol–water partition coefficient (Wildman–Crippen LogP) is 6.88. The fraction of sp³-hybridized carbons (Fsp3) is 0.219. The van der Waals surface area contributed by atoms with Gasteiger partial charge < -0.3 is 9.64 Å². The van der Waals surface area contributed by atoms with Crippen LogP contribution >= 0.6 is 11.8 Å². The number of thioether (sulfide) groups is 1. The van der Waals surface area contributed by atoms with Crippen molar-refractivity contribution in [3.63, 3.8) is 0 Å². The molecular weight excluding hydrogens is 504 g/mol. The first-order valence-electron chi connectivity index (χ1n) is 13.3. The molecule has 0 unspecified atom stereocenters. The third kappa shape index (κ3) is 5.83. The maximum Gasteiger partial charge on any atom is 0.286 e. The Hall–Kier alpha value is -4.10. The molecule has 4 aromatic rings. The van der Waals surface area contributed by atoms with Gasteiger partial charge in [0.25, 0.3) is 5.91 Å². The van der Waals surface area contributed by atoms with Crippen LogP contribution in [-0.2, 0) is 11.4 Å². The van der Waals surface area contributed by atoms with Crippen molar-refractivity contribution >= 4 is 28.9 Å². The summed E-state index contributed by atoms with van der Waals surface area (Å²) in [5.74, 6) is 0.581. The Morgan fingerprint density at radius 1 is 0.949 bits per heavy atom. The van der Waals surface area contributed by atoms with Crippen LogP contribution in [0.3, 0.4) is 0 Å². The van der Waals surface area contributed by atoms with Gasteiger partial charge in [-0.15, -0.1) is 0 Å². The molecule has 0 N–H and O–H groups in total. The lowest BCUT2D eigenvalue weighted by Crippen LogP contribution is -2.33. The van der Waals surface area contributed by atoms with Gasteiger partial charge >= 0.3 is 0 Å². The fourth-order valence-corrected chi connectivity index (χ4v) is 5.73. The van der Waals surface area contributed by atoms with E-state index in [1.807, 2.05) is 71.6 Å². The molecule has 3 aromatic carbocycles. The highest BCUT2D eigenvalue weighted by Gasteiger charge is 2.27. The Kier molecular flexibility index (Phi) is 7.32. The Morgan fingerprint density at radius 3 is 2.54 bits per heavy atom. The van der Waals surface area contributed by atoms with E-state index in [0.29, 0.717) is 11.5 Å². The van der Waals surface area contributed by atoms with E-state index in [9.17, 15) is 4.79 Å². The Bertz CT molecular complexity index is 1530. The van der Waals surface area contributed by atoms with Gasteiger partial charge in [-0.2, -0.15) is 10.1 Å². The van der Waals surface area contributed by atoms with Crippen LogP contribution in [0.25, 0.3) is 23.0 Å². The molecule has 2 aliphatic rings. The van der Waals surface area contributed by atoms with Gasteiger partial charge in [0, 0.05) is 30.4 Å². The molecule has 0 atom stereocenters. The number of hydrogen-bond donors (Lipinski definition) is 0. The molecule has 3 heterocycles. The quantitative estimate of drug-likeness (QED) is 0.252.